The normalized spacial score (nSPS) is 5.17. The Labute approximate surface area is 75.3 Å². The number of carboxylic acids is 1. The van der Waals surface area contributed by atoms with Crippen molar-refractivity contribution in [2.24, 2.45) is 5.11 Å². The monoisotopic (exact) mass is 190 g/mol. The number of nitrogens with zero attached hydrogens (tertiary/aromatic N) is 3. The largest absolute Gasteiger partial charge is 0.481 e. The molecule has 7 heteroatoms. The summed E-state index contributed by atoms with van der Waals surface area (Å²) in [5.74, 6) is -0.833. The van der Waals surface area contributed by atoms with Crippen molar-refractivity contribution in [3.8, 4) is 0 Å². The zero-order chi connectivity index (χ0) is 10.4. The Hall–Kier alpha value is -1.42. The van der Waals surface area contributed by atoms with E-state index in [0.29, 0.717) is 6.54 Å². The Balaban J connectivity index is -0.000000105. The fraction of sp³-hybridized carbons (Fsp3) is 0.600. The lowest BCUT2D eigenvalue weighted by atomic mass is 10.8. The third-order valence-electron chi connectivity index (χ3n) is 0.205. The van der Waals surface area contributed by atoms with Gasteiger partial charge in [0.2, 0.25) is 0 Å². The van der Waals surface area contributed by atoms with E-state index < -0.39 is 5.97 Å². The lowest BCUT2D eigenvalue weighted by Crippen LogP contribution is -1.78. The number of carboxylic acid groups (broad SMARTS) is 1. The molecule has 0 heterocycles. The van der Waals surface area contributed by atoms with Crippen molar-refractivity contribution in [3.63, 3.8) is 0 Å². The van der Waals surface area contributed by atoms with E-state index in [0.717, 1.165) is 6.92 Å². The molecule has 12 heavy (non-hydrogen) atoms. The van der Waals surface area contributed by atoms with Crippen molar-refractivity contribution >= 4 is 23.3 Å². The minimum absolute atomic E-state index is 0.552. The molecule has 0 aromatic heterocycles. The maximum Gasteiger partial charge on any atom is 0.300 e. The molecule has 0 rings (SSSR count). The molecule has 2 N–H and O–H groups in total. The SMILES string of the molecule is CC(=O)O.CCN=[N+]=[N-].N=C=S. The quantitative estimate of drug-likeness (QED) is 0.217. The first-order chi connectivity index (χ1) is 5.56. The molecule has 0 bridgehead atoms. The number of hydrogen-bond donors (Lipinski definition) is 2. The Morgan fingerprint density at radius 2 is 2.17 bits per heavy atom. The zero-order valence-corrected chi connectivity index (χ0v) is 7.63. The van der Waals surface area contributed by atoms with Gasteiger partial charge < -0.3 is 5.11 Å². The molecule has 6 nitrogen and oxygen atoms in total. The van der Waals surface area contributed by atoms with E-state index >= 15 is 0 Å². The molecule has 0 aromatic carbocycles. The molecule has 0 amide bonds. The number of isothiocyanates is 1. The molecule has 0 aliphatic heterocycles. The van der Waals surface area contributed by atoms with Crippen LogP contribution in [0.5, 0.6) is 0 Å². The molecule has 0 fully saturated rings. The van der Waals surface area contributed by atoms with E-state index in [2.05, 4.69) is 22.2 Å². The van der Waals surface area contributed by atoms with Gasteiger partial charge in [0.1, 0.15) is 0 Å². The maximum absolute atomic E-state index is 9.00. The number of nitrogens with one attached hydrogen (secondary N) is 1. The van der Waals surface area contributed by atoms with Crippen molar-refractivity contribution in [2.75, 3.05) is 6.54 Å². The minimum atomic E-state index is -0.833. The van der Waals surface area contributed by atoms with Crippen molar-refractivity contribution in [1.82, 2.24) is 0 Å². The van der Waals surface area contributed by atoms with Gasteiger partial charge in [0.05, 0.1) is 5.16 Å². The van der Waals surface area contributed by atoms with E-state index in [1.165, 1.54) is 0 Å². The van der Waals surface area contributed by atoms with Gasteiger partial charge in [0.15, 0.2) is 0 Å². The average Bonchev–Trinajstić information content (AvgIpc) is 1.89. The molecular weight excluding hydrogens is 180 g/mol. The van der Waals surface area contributed by atoms with Gasteiger partial charge in [0.25, 0.3) is 5.97 Å². The lowest BCUT2D eigenvalue weighted by Gasteiger charge is -1.59. The predicted molar refractivity (Wildman–Crippen MR) is 48.3 cm³/mol. The summed E-state index contributed by atoms with van der Waals surface area (Å²) in [6, 6.07) is 0. The van der Waals surface area contributed by atoms with Gasteiger partial charge >= 0.3 is 0 Å². The van der Waals surface area contributed by atoms with Crippen LogP contribution in [0.4, 0.5) is 0 Å². The molecule has 68 valence electrons. The van der Waals surface area contributed by atoms with Gasteiger partial charge in [0, 0.05) is 18.4 Å². The third kappa shape index (κ3) is 1470. The summed E-state index contributed by atoms with van der Waals surface area (Å²) in [6.45, 7) is 3.43. The molecule has 0 aromatic rings. The topological polar surface area (TPSA) is 110 Å². The number of azide groups is 1. The Morgan fingerprint density at radius 1 is 1.92 bits per heavy atom. The van der Waals surface area contributed by atoms with Crippen LogP contribution in [0.1, 0.15) is 13.8 Å². The summed E-state index contributed by atoms with van der Waals surface area (Å²) in [6.07, 6.45) is 0. The molecule has 0 saturated carbocycles. The lowest BCUT2D eigenvalue weighted by molar-refractivity contribution is -0.134. The highest BCUT2D eigenvalue weighted by Crippen LogP contribution is 1.61. The fourth-order valence-corrected chi connectivity index (χ4v) is 0.0632. The molecule has 0 saturated heterocycles. The van der Waals surface area contributed by atoms with E-state index in [-0.39, 0.29) is 0 Å². The van der Waals surface area contributed by atoms with Crippen LogP contribution in [0.2, 0.25) is 0 Å². The highest BCUT2D eigenvalue weighted by Gasteiger charge is 1.65. The van der Waals surface area contributed by atoms with Crippen LogP contribution in [-0.2, 0) is 4.79 Å². The highest BCUT2D eigenvalue weighted by atomic mass is 32.1. The van der Waals surface area contributed by atoms with E-state index in [1.54, 1.807) is 12.1 Å². The van der Waals surface area contributed by atoms with Crippen LogP contribution in [0.15, 0.2) is 5.11 Å². The number of hydrogen-bond acceptors (Lipinski definition) is 4. The van der Waals surface area contributed by atoms with Gasteiger partial charge in [-0.3, -0.25) is 4.79 Å². The van der Waals surface area contributed by atoms with Gasteiger partial charge in [-0.15, -0.1) is 0 Å². The highest BCUT2D eigenvalue weighted by molar-refractivity contribution is 7.78. The minimum Gasteiger partial charge on any atom is -0.481 e. The molecule has 0 atom stereocenters. The van der Waals surface area contributed by atoms with E-state index in [9.17, 15) is 0 Å². The molecule has 0 spiro atoms. The van der Waals surface area contributed by atoms with Gasteiger partial charge in [-0.25, -0.2) is 5.41 Å². The molecule has 0 unspecified atom stereocenters. The smallest absolute Gasteiger partial charge is 0.300 e. The number of carbonyl (C=O) groups is 1. The van der Waals surface area contributed by atoms with Crippen LogP contribution in [-0.4, -0.2) is 22.8 Å². The summed E-state index contributed by atoms with van der Waals surface area (Å²) in [5, 5.41) is 17.9. The molecular formula is C5H10N4O2S. The Bertz CT molecular complexity index is 178. The summed E-state index contributed by atoms with van der Waals surface area (Å²) >= 11 is 3.81. The van der Waals surface area contributed by atoms with Crippen molar-refractivity contribution in [3.05, 3.63) is 10.4 Å². The average molecular weight is 190 g/mol. The second-order valence-electron chi connectivity index (χ2n) is 1.17. The fourth-order valence-electron chi connectivity index (χ4n) is 0.0632. The predicted octanol–water partition coefficient (Wildman–Crippen LogP) is 2.08. The van der Waals surface area contributed by atoms with Crippen molar-refractivity contribution in [2.45, 2.75) is 13.8 Å². The van der Waals surface area contributed by atoms with Crippen LogP contribution in [0.3, 0.4) is 0 Å². The van der Waals surface area contributed by atoms with E-state index in [1.807, 2.05) is 0 Å². The van der Waals surface area contributed by atoms with E-state index in [4.69, 9.17) is 20.8 Å². The zero-order valence-electron chi connectivity index (χ0n) is 6.81. The first-order valence-corrected chi connectivity index (χ1v) is 3.21. The first kappa shape index (κ1) is 16.9. The van der Waals surface area contributed by atoms with Crippen LogP contribution >= 0.6 is 12.2 Å². The second kappa shape index (κ2) is 22.7. The maximum atomic E-state index is 9.00. The molecule has 0 aliphatic carbocycles. The number of thiocarbonyl (C=S) groups is 1. The first-order valence-electron chi connectivity index (χ1n) is 2.81. The Morgan fingerprint density at radius 3 is 2.17 bits per heavy atom. The third-order valence-corrected chi connectivity index (χ3v) is 0.205. The van der Waals surface area contributed by atoms with Gasteiger partial charge in [-0.1, -0.05) is 12.0 Å². The van der Waals surface area contributed by atoms with Crippen molar-refractivity contribution < 1.29 is 9.90 Å². The number of rotatable bonds is 1. The number of aliphatic carboxylic acids is 1. The summed E-state index contributed by atoms with van der Waals surface area (Å²) < 4.78 is 0. The Kier molecular flexibility index (Phi) is 31.9. The standard InChI is InChI=1S/C2H5N3.C2H4O2.CHNS/c1-2-4-5-3;1-2(3)4;2-1-3/h2H2,1H3;1H3,(H,3,4);2H. The van der Waals surface area contributed by atoms with Gasteiger partial charge in [-0.2, -0.15) is 0 Å². The summed E-state index contributed by atoms with van der Waals surface area (Å²) in [4.78, 5) is 11.5. The summed E-state index contributed by atoms with van der Waals surface area (Å²) in [5.41, 5.74) is 7.52. The summed E-state index contributed by atoms with van der Waals surface area (Å²) in [7, 11) is 0. The second-order valence-corrected chi connectivity index (χ2v) is 1.37. The molecule has 0 radical (unpaired) electrons. The van der Waals surface area contributed by atoms with Crippen molar-refractivity contribution in [1.29, 1.82) is 5.41 Å². The van der Waals surface area contributed by atoms with Crippen LogP contribution in [0, 0.1) is 5.41 Å². The van der Waals surface area contributed by atoms with Crippen LogP contribution < -0.4 is 0 Å². The van der Waals surface area contributed by atoms with Crippen LogP contribution in [0.25, 0.3) is 10.4 Å². The van der Waals surface area contributed by atoms with Gasteiger partial charge in [-0.05, 0) is 17.7 Å². The molecule has 0 aliphatic rings.